The summed E-state index contributed by atoms with van der Waals surface area (Å²) in [4.78, 5) is 34.9. The lowest BCUT2D eigenvalue weighted by Crippen LogP contribution is -2.35. The largest absolute Gasteiger partial charge is 0.333 e. The third-order valence-corrected chi connectivity index (χ3v) is 8.38. The van der Waals surface area contributed by atoms with Crippen molar-refractivity contribution in [3.05, 3.63) is 92.1 Å². The Labute approximate surface area is 211 Å². The molecule has 6 nitrogen and oxygen atoms in total. The van der Waals surface area contributed by atoms with Gasteiger partial charge in [-0.15, -0.1) is 11.3 Å². The number of hydrogen-bond acceptors (Lipinski definition) is 6. The van der Waals surface area contributed by atoms with Crippen LogP contribution in [0.3, 0.4) is 0 Å². The normalized spacial score (nSPS) is 13.0. The molecule has 4 aromatic rings. The lowest BCUT2D eigenvalue weighted by atomic mass is 9.99. The van der Waals surface area contributed by atoms with Crippen molar-refractivity contribution >= 4 is 39.2 Å². The van der Waals surface area contributed by atoms with Crippen molar-refractivity contribution in [2.24, 2.45) is 0 Å². The van der Waals surface area contributed by atoms with Crippen LogP contribution in [0.1, 0.15) is 31.9 Å². The fourth-order valence-corrected chi connectivity index (χ4v) is 6.38. The number of carbonyl (C=O) groups is 1. The van der Waals surface area contributed by atoms with E-state index in [1.165, 1.54) is 34.2 Å². The minimum Gasteiger partial charge on any atom is -0.333 e. The molecular weight excluding hydrogens is 476 g/mol. The number of carbonyl (C=O) groups excluding carboxylic acids is 1. The standard InChI is InChI=1S/C27H24N4O2S2/c1-18-22-24(35-23(18)26(33)30-14-12-20-9-5-6-10-21(20)17-30)29-27(34-16-13-28)31(25(22)32)15-11-19-7-3-2-4-8-19/h2-10H,11-12,14-17H2,1H3. The van der Waals surface area contributed by atoms with Crippen molar-refractivity contribution in [3.63, 3.8) is 0 Å². The van der Waals surface area contributed by atoms with Gasteiger partial charge in [0.2, 0.25) is 0 Å². The van der Waals surface area contributed by atoms with Crippen LogP contribution in [0.15, 0.2) is 64.5 Å². The summed E-state index contributed by atoms with van der Waals surface area (Å²) in [5.74, 6) is 0.147. The number of rotatable bonds is 6. The summed E-state index contributed by atoms with van der Waals surface area (Å²) in [5, 5.41) is 10.1. The van der Waals surface area contributed by atoms with Crippen LogP contribution in [0.5, 0.6) is 0 Å². The Morgan fingerprint density at radius 2 is 1.89 bits per heavy atom. The molecule has 2 aromatic heterocycles. The van der Waals surface area contributed by atoms with Gasteiger partial charge >= 0.3 is 0 Å². The molecule has 3 heterocycles. The Balaban J connectivity index is 1.51. The fourth-order valence-electron chi connectivity index (χ4n) is 4.50. The van der Waals surface area contributed by atoms with E-state index in [1.807, 2.05) is 54.3 Å². The van der Waals surface area contributed by atoms with E-state index < -0.39 is 0 Å². The Morgan fingerprint density at radius 1 is 1.14 bits per heavy atom. The van der Waals surface area contributed by atoms with Gasteiger partial charge in [0.25, 0.3) is 11.5 Å². The molecule has 0 bridgehead atoms. The average molecular weight is 501 g/mol. The molecule has 176 valence electrons. The summed E-state index contributed by atoms with van der Waals surface area (Å²) in [6.07, 6.45) is 1.50. The molecule has 0 radical (unpaired) electrons. The molecule has 8 heteroatoms. The van der Waals surface area contributed by atoms with E-state index >= 15 is 0 Å². The predicted molar refractivity (Wildman–Crippen MR) is 140 cm³/mol. The van der Waals surface area contributed by atoms with E-state index in [1.54, 1.807) is 4.57 Å². The number of nitriles is 1. The highest BCUT2D eigenvalue weighted by molar-refractivity contribution is 7.99. The first-order chi connectivity index (χ1) is 17.1. The number of fused-ring (bicyclic) bond motifs is 2. The van der Waals surface area contributed by atoms with Crippen LogP contribution in [0.2, 0.25) is 0 Å². The van der Waals surface area contributed by atoms with Crippen LogP contribution in [0.4, 0.5) is 0 Å². The van der Waals surface area contributed by atoms with Crippen molar-refractivity contribution in [1.29, 1.82) is 5.26 Å². The van der Waals surface area contributed by atoms with E-state index in [0.29, 0.717) is 51.9 Å². The summed E-state index contributed by atoms with van der Waals surface area (Å²) in [6, 6.07) is 20.3. The highest BCUT2D eigenvalue weighted by atomic mass is 32.2. The lowest BCUT2D eigenvalue weighted by Gasteiger charge is -2.28. The summed E-state index contributed by atoms with van der Waals surface area (Å²) in [6.45, 7) is 3.53. The number of nitrogens with zero attached hydrogens (tertiary/aromatic N) is 4. The smallest absolute Gasteiger partial charge is 0.264 e. The summed E-state index contributed by atoms with van der Waals surface area (Å²) < 4.78 is 1.66. The molecule has 0 saturated carbocycles. The van der Waals surface area contributed by atoms with Crippen LogP contribution < -0.4 is 5.56 Å². The van der Waals surface area contributed by atoms with Crippen molar-refractivity contribution in [3.8, 4) is 6.07 Å². The summed E-state index contributed by atoms with van der Waals surface area (Å²) in [5.41, 5.74) is 4.12. The number of aromatic nitrogens is 2. The molecule has 0 spiro atoms. The maximum Gasteiger partial charge on any atom is 0.264 e. The van der Waals surface area contributed by atoms with Gasteiger partial charge in [-0.25, -0.2) is 4.98 Å². The zero-order valence-corrected chi connectivity index (χ0v) is 21.0. The molecule has 0 fully saturated rings. The molecular formula is C27H24N4O2S2. The van der Waals surface area contributed by atoms with Crippen LogP contribution in [0.25, 0.3) is 10.2 Å². The van der Waals surface area contributed by atoms with Gasteiger partial charge in [0.1, 0.15) is 4.83 Å². The lowest BCUT2D eigenvalue weighted by molar-refractivity contribution is 0.0739. The zero-order chi connectivity index (χ0) is 24.4. The topological polar surface area (TPSA) is 79.0 Å². The molecule has 0 saturated heterocycles. The molecule has 5 rings (SSSR count). The number of hydrogen-bond donors (Lipinski definition) is 0. The second kappa shape index (κ2) is 10.1. The van der Waals surface area contributed by atoms with E-state index in [9.17, 15) is 9.59 Å². The Hall–Kier alpha value is -3.41. The summed E-state index contributed by atoms with van der Waals surface area (Å²) in [7, 11) is 0. The molecule has 1 amide bonds. The third kappa shape index (κ3) is 4.62. The minimum atomic E-state index is -0.150. The number of thiophene rings is 1. The quantitative estimate of drug-likeness (QED) is 0.280. The molecule has 0 atom stereocenters. The van der Waals surface area contributed by atoms with Crippen molar-refractivity contribution in [2.45, 2.75) is 38.0 Å². The SMILES string of the molecule is Cc1c(C(=O)N2CCc3ccccc3C2)sc2nc(SCC#N)n(CCc3ccccc3)c(=O)c12. The van der Waals surface area contributed by atoms with E-state index in [-0.39, 0.29) is 17.2 Å². The van der Waals surface area contributed by atoms with E-state index in [4.69, 9.17) is 10.2 Å². The van der Waals surface area contributed by atoms with Gasteiger partial charge in [-0.05, 0) is 42.0 Å². The van der Waals surface area contributed by atoms with Gasteiger partial charge in [-0.2, -0.15) is 5.26 Å². The molecule has 1 aliphatic rings. The maximum atomic E-state index is 13.6. The van der Waals surface area contributed by atoms with E-state index in [0.717, 1.165) is 12.0 Å². The maximum absolute atomic E-state index is 13.6. The Bertz CT molecular complexity index is 1500. The molecule has 35 heavy (non-hydrogen) atoms. The van der Waals surface area contributed by atoms with E-state index in [2.05, 4.69) is 18.2 Å². The molecule has 1 aliphatic heterocycles. The molecule has 0 N–H and O–H groups in total. The molecule has 0 aliphatic carbocycles. The highest BCUT2D eigenvalue weighted by Crippen LogP contribution is 2.31. The van der Waals surface area contributed by atoms with Crippen molar-refractivity contribution in [1.82, 2.24) is 14.5 Å². The van der Waals surface area contributed by atoms with Gasteiger partial charge < -0.3 is 4.90 Å². The number of thioether (sulfide) groups is 1. The third-order valence-electron chi connectivity index (χ3n) is 6.36. The first kappa shape index (κ1) is 23.3. The molecule has 0 unspecified atom stereocenters. The number of aryl methyl sites for hydroxylation is 2. The minimum absolute atomic E-state index is 0.0542. The van der Waals surface area contributed by atoms with Crippen LogP contribution >= 0.6 is 23.1 Å². The first-order valence-electron chi connectivity index (χ1n) is 11.5. The van der Waals surface area contributed by atoms with Gasteiger partial charge in [-0.1, -0.05) is 66.4 Å². The second-order valence-electron chi connectivity index (χ2n) is 8.52. The van der Waals surface area contributed by atoms with Gasteiger partial charge in [0.05, 0.1) is 22.1 Å². The van der Waals surface area contributed by atoms with Crippen LogP contribution in [0, 0.1) is 18.3 Å². The number of benzene rings is 2. The van der Waals surface area contributed by atoms with Crippen LogP contribution in [-0.2, 0) is 25.9 Å². The predicted octanol–water partition coefficient (Wildman–Crippen LogP) is 4.82. The Kier molecular flexibility index (Phi) is 6.71. The summed E-state index contributed by atoms with van der Waals surface area (Å²) >= 11 is 2.54. The molecule has 2 aromatic carbocycles. The highest BCUT2D eigenvalue weighted by Gasteiger charge is 2.27. The Morgan fingerprint density at radius 3 is 2.66 bits per heavy atom. The fraction of sp³-hybridized carbons (Fsp3) is 0.259. The van der Waals surface area contributed by atoms with Gasteiger partial charge in [0.15, 0.2) is 5.16 Å². The first-order valence-corrected chi connectivity index (χ1v) is 13.3. The van der Waals surface area contributed by atoms with Crippen molar-refractivity contribution < 1.29 is 4.79 Å². The van der Waals surface area contributed by atoms with Gasteiger partial charge in [-0.3, -0.25) is 14.2 Å². The van der Waals surface area contributed by atoms with Crippen LogP contribution in [-0.4, -0.2) is 32.7 Å². The monoisotopic (exact) mass is 500 g/mol. The second-order valence-corrected chi connectivity index (χ2v) is 10.5. The van der Waals surface area contributed by atoms with Gasteiger partial charge in [0, 0.05) is 19.6 Å². The van der Waals surface area contributed by atoms with Crippen molar-refractivity contribution in [2.75, 3.05) is 12.3 Å². The average Bonchev–Trinajstić information content (AvgIpc) is 3.23. The number of amides is 1. The zero-order valence-electron chi connectivity index (χ0n) is 19.4.